The van der Waals surface area contributed by atoms with Crippen molar-refractivity contribution in [2.45, 2.75) is 45.6 Å². The number of rotatable bonds is 6. The van der Waals surface area contributed by atoms with Crippen molar-refractivity contribution in [1.29, 1.82) is 0 Å². The second-order valence-electron chi connectivity index (χ2n) is 6.12. The quantitative estimate of drug-likeness (QED) is 0.620. The minimum atomic E-state index is 0.570. The highest BCUT2D eigenvalue weighted by molar-refractivity contribution is 5.79. The van der Waals surface area contributed by atoms with E-state index in [2.05, 4.69) is 22.5 Å². The van der Waals surface area contributed by atoms with E-state index in [-0.39, 0.29) is 0 Å². The van der Waals surface area contributed by atoms with Crippen LogP contribution in [0.25, 0.3) is 0 Å². The number of guanidine groups is 1. The summed E-state index contributed by atoms with van der Waals surface area (Å²) in [7, 11) is 0. The first-order valence-electron chi connectivity index (χ1n) is 7.87. The summed E-state index contributed by atoms with van der Waals surface area (Å²) in [5.41, 5.74) is 0.570. The van der Waals surface area contributed by atoms with Crippen LogP contribution in [0.3, 0.4) is 0 Å². The van der Waals surface area contributed by atoms with Gasteiger partial charge in [0.2, 0.25) is 0 Å². The Morgan fingerprint density at radius 3 is 2.80 bits per heavy atom. The van der Waals surface area contributed by atoms with E-state index in [1.54, 1.807) is 6.26 Å². The fourth-order valence-electron chi connectivity index (χ4n) is 3.22. The van der Waals surface area contributed by atoms with Gasteiger partial charge in [-0.25, -0.2) is 4.99 Å². The van der Waals surface area contributed by atoms with Gasteiger partial charge in [0.25, 0.3) is 0 Å². The number of hydrogen-bond acceptors (Lipinski definition) is 2. The third-order valence-corrected chi connectivity index (χ3v) is 4.72. The lowest BCUT2D eigenvalue weighted by Gasteiger charge is -2.43. The van der Waals surface area contributed by atoms with Crippen LogP contribution in [-0.4, -0.2) is 19.0 Å². The lowest BCUT2D eigenvalue weighted by molar-refractivity contribution is 0.106. The highest BCUT2D eigenvalue weighted by Crippen LogP contribution is 2.56. The Morgan fingerprint density at radius 2 is 2.25 bits per heavy atom. The maximum Gasteiger partial charge on any atom is 0.191 e. The summed E-state index contributed by atoms with van der Waals surface area (Å²) < 4.78 is 5.33. The lowest BCUT2D eigenvalue weighted by Crippen LogP contribution is -2.47. The molecule has 0 unspecified atom stereocenters. The largest absolute Gasteiger partial charge is 0.467 e. The molecular formula is C16H25N3O. The Hall–Kier alpha value is -1.45. The first kappa shape index (κ1) is 13.5. The van der Waals surface area contributed by atoms with Crippen LogP contribution in [0.1, 0.15) is 44.8 Å². The van der Waals surface area contributed by atoms with Crippen LogP contribution in [-0.2, 0) is 6.54 Å². The van der Waals surface area contributed by atoms with Crippen molar-refractivity contribution in [2.24, 2.45) is 16.3 Å². The van der Waals surface area contributed by atoms with Gasteiger partial charge in [0, 0.05) is 13.1 Å². The number of nitrogens with one attached hydrogen (secondary N) is 2. The molecule has 2 aliphatic carbocycles. The standard InChI is InChI=1S/C16H25N3O/c1-2-17-15(18-11-14-5-3-10-20-14)19-12-16(8-4-9-16)13-6-7-13/h3,5,10,13H,2,4,6-9,11-12H2,1H3,(H2,17,18,19). The predicted octanol–water partition coefficient (Wildman–Crippen LogP) is 2.92. The van der Waals surface area contributed by atoms with E-state index in [1.165, 1.54) is 32.1 Å². The molecular weight excluding hydrogens is 250 g/mol. The molecule has 1 aromatic rings. The van der Waals surface area contributed by atoms with Gasteiger partial charge in [0.05, 0.1) is 6.26 Å². The molecule has 0 aromatic carbocycles. The first-order valence-corrected chi connectivity index (χ1v) is 7.87. The van der Waals surface area contributed by atoms with Gasteiger partial charge in [-0.1, -0.05) is 6.42 Å². The SMILES string of the molecule is CCNC(=NCc1ccco1)NCC1(C2CC2)CCC1. The number of hydrogen-bond donors (Lipinski definition) is 2. The van der Waals surface area contributed by atoms with E-state index in [0.717, 1.165) is 30.7 Å². The van der Waals surface area contributed by atoms with Crippen LogP contribution in [0.15, 0.2) is 27.8 Å². The Balaban J connectivity index is 1.55. The number of nitrogens with zero attached hydrogens (tertiary/aromatic N) is 1. The molecule has 0 radical (unpaired) electrons. The molecule has 0 amide bonds. The first-order chi connectivity index (χ1) is 9.82. The van der Waals surface area contributed by atoms with Crippen molar-refractivity contribution in [2.75, 3.05) is 13.1 Å². The minimum Gasteiger partial charge on any atom is -0.467 e. The molecule has 2 N–H and O–H groups in total. The second-order valence-corrected chi connectivity index (χ2v) is 6.12. The van der Waals surface area contributed by atoms with E-state index < -0.39 is 0 Å². The molecule has 3 rings (SSSR count). The van der Waals surface area contributed by atoms with Crippen molar-refractivity contribution in [3.63, 3.8) is 0 Å². The molecule has 110 valence electrons. The zero-order chi connectivity index (χ0) is 13.8. The molecule has 0 atom stereocenters. The van der Waals surface area contributed by atoms with Crippen LogP contribution in [0.4, 0.5) is 0 Å². The average Bonchev–Trinajstić information content (AvgIpc) is 3.11. The predicted molar refractivity (Wildman–Crippen MR) is 80.5 cm³/mol. The smallest absolute Gasteiger partial charge is 0.191 e. The molecule has 2 saturated carbocycles. The highest BCUT2D eigenvalue weighted by atomic mass is 16.3. The minimum absolute atomic E-state index is 0.570. The van der Waals surface area contributed by atoms with E-state index in [4.69, 9.17) is 4.42 Å². The molecule has 20 heavy (non-hydrogen) atoms. The molecule has 0 bridgehead atoms. The van der Waals surface area contributed by atoms with Gasteiger partial charge in [-0.2, -0.15) is 0 Å². The van der Waals surface area contributed by atoms with Crippen LogP contribution >= 0.6 is 0 Å². The molecule has 1 heterocycles. The van der Waals surface area contributed by atoms with Crippen molar-refractivity contribution in [3.8, 4) is 0 Å². The number of aliphatic imine (C=N–C) groups is 1. The van der Waals surface area contributed by atoms with E-state index in [0.29, 0.717) is 12.0 Å². The van der Waals surface area contributed by atoms with Crippen molar-refractivity contribution < 1.29 is 4.42 Å². The van der Waals surface area contributed by atoms with Gasteiger partial charge >= 0.3 is 0 Å². The summed E-state index contributed by atoms with van der Waals surface area (Å²) in [6.07, 6.45) is 8.74. The normalized spacial score (nSPS) is 21.4. The summed E-state index contributed by atoms with van der Waals surface area (Å²) in [5, 5.41) is 6.87. The van der Waals surface area contributed by atoms with Crippen LogP contribution in [0.2, 0.25) is 0 Å². The molecule has 4 nitrogen and oxygen atoms in total. The van der Waals surface area contributed by atoms with Crippen LogP contribution in [0, 0.1) is 11.3 Å². The Morgan fingerprint density at radius 1 is 1.40 bits per heavy atom. The summed E-state index contributed by atoms with van der Waals surface area (Å²) in [5.74, 6) is 2.79. The van der Waals surface area contributed by atoms with E-state index in [9.17, 15) is 0 Å². The van der Waals surface area contributed by atoms with Gasteiger partial charge < -0.3 is 15.1 Å². The summed E-state index contributed by atoms with van der Waals surface area (Å²) >= 11 is 0. The van der Waals surface area contributed by atoms with Gasteiger partial charge in [0.1, 0.15) is 12.3 Å². The molecule has 0 spiro atoms. The van der Waals surface area contributed by atoms with Gasteiger partial charge in [0.15, 0.2) is 5.96 Å². The third-order valence-electron chi connectivity index (χ3n) is 4.72. The van der Waals surface area contributed by atoms with Gasteiger partial charge in [-0.3, -0.25) is 0 Å². The van der Waals surface area contributed by atoms with E-state index >= 15 is 0 Å². The zero-order valence-electron chi connectivity index (χ0n) is 12.3. The number of furan rings is 1. The van der Waals surface area contributed by atoms with Crippen molar-refractivity contribution in [3.05, 3.63) is 24.2 Å². The van der Waals surface area contributed by atoms with E-state index in [1.807, 2.05) is 12.1 Å². The Bertz CT molecular complexity index is 444. The van der Waals surface area contributed by atoms with Gasteiger partial charge in [-0.15, -0.1) is 0 Å². The lowest BCUT2D eigenvalue weighted by atomic mass is 9.65. The third kappa shape index (κ3) is 3.00. The topological polar surface area (TPSA) is 49.6 Å². The molecule has 4 heteroatoms. The maximum absolute atomic E-state index is 5.33. The molecule has 0 saturated heterocycles. The average molecular weight is 275 g/mol. The molecule has 2 aliphatic rings. The molecule has 0 aliphatic heterocycles. The van der Waals surface area contributed by atoms with Crippen molar-refractivity contribution in [1.82, 2.24) is 10.6 Å². The Labute approximate surface area is 121 Å². The second kappa shape index (κ2) is 5.90. The van der Waals surface area contributed by atoms with Crippen LogP contribution in [0.5, 0.6) is 0 Å². The molecule has 1 aromatic heterocycles. The Kier molecular flexibility index (Phi) is 3.99. The zero-order valence-corrected chi connectivity index (χ0v) is 12.3. The summed E-state index contributed by atoms with van der Waals surface area (Å²) in [6, 6.07) is 3.87. The molecule has 2 fully saturated rings. The summed E-state index contributed by atoms with van der Waals surface area (Å²) in [4.78, 5) is 4.60. The summed E-state index contributed by atoms with van der Waals surface area (Å²) in [6.45, 7) is 4.66. The van der Waals surface area contributed by atoms with Crippen molar-refractivity contribution >= 4 is 5.96 Å². The van der Waals surface area contributed by atoms with Gasteiger partial charge in [-0.05, 0) is 56.1 Å². The van der Waals surface area contributed by atoms with Crippen LogP contribution < -0.4 is 10.6 Å². The highest BCUT2D eigenvalue weighted by Gasteiger charge is 2.48. The fraction of sp³-hybridized carbons (Fsp3) is 0.688. The maximum atomic E-state index is 5.33. The fourth-order valence-corrected chi connectivity index (χ4v) is 3.22. The monoisotopic (exact) mass is 275 g/mol.